The summed E-state index contributed by atoms with van der Waals surface area (Å²) in [5.41, 5.74) is 4.18. The summed E-state index contributed by atoms with van der Waals surface area (Å²) in [6.07, 6.45) is 3.91. The van der Waals surface area contributed by atoms with Gasteiger partial charge in [-0.05, 0) is 76.0 Å². The molecule has 0 spiro atoms. The minimum atomic E-state index is -0.472. The van der Waals surface area contributed by atoms with Crippen molar-refractivity contribution < 1.29 is 9.59 Å². The molecule has 26 heavy (non-hydrogen) atoms. The Morgan fingerprint density at radius 2 is 1.58 bits per heavy atom. The number of carbonyl (C=O) groups is 2. The van der Waals surface area contributed by atoms with Crippen molar-refractivity contribution in [3.63, 3.8) is 0 Å². The van der Waals surface area contributed by atoms with Gasteiger partial charge in [0.1, 0.15) is 0 Å². The van der Waals surface area contributed by atoms with Gasteiger partial charge in [-0.25, -0.2) is 5.01 Å². The van der Waals surface area contributed by atoms with Crippen molar-refractivity contribution in [2.75, 3.05) is 0 Å². The second kappa shape index (κ2) is 8.24. The smallest absolute Gasteiger partial charge is 0.269 e. The molecule has 1 aliphatic carbocycles. The molecule has 2 unspecified atom stereocenters. The lowest BCUT2D eigenvalue weighted by Gasteiger charge is -2.40. The third-order valence-corrected chi connectivity index (χ3v) is 5.26. The van der Waals surface area contributed by atoms with Crippen LogP contribution in [-0.2, 0) is 11.2 Å². The summed E-state index contributed by atoms with van der Waals surface area (Å²) in [5, 5.41) is 1.55. The van der Waals surface area contributed by atoms with Gasteiger partial charge in [0.15, 0.2) is 0 Å². The Kier molecular flexibility index (Phi) is 6.48. The van der Waals surface area contributed by atoms with Crippen LogP contribution in [0.3, 0.4) is 0 Å². The second-order valence-corrected chi connectivity index (χ2v) is 8.95. The summed E-state index contributed by atoms with van der Waals surface area (Å²) >= 11 is 0. The van der Waals surface area contributed by atoms with Gasteiger partial charge in [-0.3, -0.25) is 15.0 Å². The predicted octanol–water partition coefficient (Wildman–Crippen LogP) is 4.59. The van der Waals surface area contributed by atoms with Crippen LogP contribution < -0.4 is 5.43 Å². The molecule has 0 heterocycles. The highest BCUT2D eigenvalue weighted by Crippen LogP contribution is 2.34. The number of nitrogens with one attached hydrogen (secondary N) is 1. The molecule has 4 nitrogen and oxygen atoms in total. The zero-order valence-electron chi connectivity index (χ0n) is 17.1. The molecule has 1 aromatic rings. The lowest BCUT2D eigenvalue weighted by atomic mass is 9.76. The molecular formula is C22H34N2O2. The van der Waals surface area contributed by atoms with Crippen LogP contribution in [0.15, 0.2) is 24.3 Å². The minimum Gasteiger partial charge on any atom is -0.273 e. The fraction of sp³-hybridized carbons (Fsp3) is 0.636. The van der Waals surface area contributed by atoms with E-state index in [4.69, 9.17) is 0 Å². The SMILES string of the molecule is CCc1ccc(C(=O)NN(C(=O)C2CC(C)CC(C)C2)C(C)(C)C)cc1. The van der Waals surface area contributed by atoms with Gasteiger partial charge in [0.2, 0.25) is 5.91 Å². The van der Waals surface area contributed by atoms with Gasteiger partial charge >= 0.3 is 0 Å². The lowest BCUT2D eigenvalue weighted by Crippen LogP contribution is -2.58. The fourth-order valence-corrected chi connectivity index (χ4v) is 3.94. The second-order valence-electron chi connectivity index (χ2n) is 8.95. The van der Waals surface area contributed by atoms with Gasteiger partial charge in [-0.1, -0.05) is 32.9 Å². The molecule has 4 heteroatoms. The van der Waals surface area contributed by atoms with Gasteiger partial charge in [-0.15, -0.1) is 0 Å². The molecule has 1 aromatic carbocycles. The molecule has 2 amide bonds. The molecule has 0 aromatic heterocycles. The largest absolute Gasteiger partial charge is 0.273 e. The van der Waals surface area contributed by atoms with E-state index < -0.39 is 5.54 Å². The Morgan fingerprint density at radius 1 is 1.04 bits per heavy atom. The molecule has 1 fully saturated rings. The summed E-state index contributed by atoms with van der Waals surface area (Å²) in [4.78, 5) is 25.9. The van der Waals surface area contributed by atoms with Crippen LogP contribution in [0.4, 0.5) is 0 Å². The van der Waals surface area contributed by atoms with Gasteiger partial charge in [0.05, 0.1) is 5.54 Å². The first-order valence-corrected chi connectivity index (χ1v) is 9.85. The number of hydrogen-bond acceptors (Lipinski definition) is 2. The van der Waals surface area contributed by atoms with E-state index in [1.54, 1.807) is 5.01 Å². The molecule has 144 valence electrons. The van der Waals surface area contributed by atoms with E-state index in [9.17, 15) is 9.59 Å². The number of rotatable bonds is 3. The fourth-order valence-electron chi connectivity index (χ4n) is 3.94. The first-order chi connectivity index (χ1) is 12.1. The van der Waals surface area contributed by atoms with Crippen molar-refractivity contribution in [1.29, 1.82) is 0 Å². The maximum atomic E-state index is 13.2. The highest BCUT2D eigenvalue weighted by molar-refractivity contribution is 5.95. The molecule has 0 aliphatic heterocycles. The van der Waals surface area contributed by atoms with E-state index in [0.29, 0.717) is 17.4 Å². The summed E-state index contributed by atoms with van der Waals surface area (Å²) in [6.45, 7) is 12.4. The van der Waals surface area contributed by atoms with E-state index in [0.717, 1.165) is 19.3 Å². The Bertz CT molecular complexity index is 621. The standard InChI is InChI=1S/C22H34N2O2/c1-7-17-8-10-18(11-9-17)20(25)23-24(22(4,5)6)21(26)19-13-15(2)12-16(3)14-19/h8-11,15-16,19H,7,12-14H2,1-6H3,(H,23,25). The number of carbonyl (C=O) groups excluding carboxylic acids is 2. The van der Waals surface area contributed by atoms with E-state index in [-0.39, 0.29) is 17.7 Å². The van der Waals surface area contributed by atoms with Gasteiger partial charge in [-0.2, -0.15) is 0 Å². The first kappa shape index (κ1) is 20.5. The number of hydrogen-bond donors (Lipinski definition) is 1. The molecule has 0 radical (unpaired) electrons. The lowest BCUT2D eigenvalue weighted by molar-refractivity contribution is -0.146. The van der Waals surface area contributed by atoms with Crippen molar-refractivity contribution in [2.45, 2.75) is 72.8 Å². The Balaban J connectivity index is 2.16. The van der Waals surface area contributed by atoms with Gasteiger partial charge < -0.3 is 0 Å². The van der Waals surface area contributed by atoms with Crippen LogP contribution in [0.1, 0.15) is 76.7 Å². The normalized spacial score (nSPS) is 23.4. The molecule has 2 atom stereocenters. The maximum Gasteiger partial charge on any atom is 0.269 e. The summed E-state index contributed by atoms with van der Waals surface area (Å²) in [7, 11) is 0. The van der Waals surface area contributed by atoms with Crippen molar-refractivity contribution in [3.8, 4) is 0 Å². The predicted molar refractivity (Wildman–Crippen MR) is 106 cm³/mol. The number of benzene rings is 1. The Labute approximate surface area is 158 Å². The van der Waals surface area contributed by atoms with Crippen molar-refractivity contribution in [2.24, 2.45) is 17.8 Å². The number of amides is 2. The Morgan fingerprint density at radius 3 is 2.04 bits per heavy atom. The molecule has 1 N–H and O–H groups in total. The third-order valence-electron chi connectivity index (χ3n) is 5.26. The van der Waals surface area contributed by atoms with Gasteiger partial charge in [0, 0.05) is 11.5 Å². The van der Waals surface area contributed by atoms with E-state index >= 15 is 0 Å². The molecule has 0 saturated heterocycles. The highest BCUT2D eigenvalue weighted by atomic mass is 16.2. The summed E-state index contributed by atoms with van der Waals surface area (Å²) < 4.78 is 0. The molecule has 1 aliphatic rings. The van der Waals surface area contributed by atoms with Gasteiger partial charge in [0.25, 0.3) is 5.91 Å². The zero-order valence-corrected chi connectivity index (χ0v) is 17.1. The average Bonchev–Trinajstić information content (AvgIpc) is 2.57. The van der Waals surface area contributed by atoms with Crippen LogP contribution in [0.5, 0.6) is 0 Å². The average molecular weight is 359 g/mol. The maximum absolute atomic E-state index is 13.2. The van der Waals surface area contributed by atoms with Crippen LogP contribution in [-0.4, -0.2) is 22.4 Å². The third kappa shape index (κ3) is 5.09. The van der Waals surface area contributed by atoms with Crippen molar-refractivity contribution >= 4 is 11.8 Å². The van der Waals surface area contributed by atoms with Crippen LogP contribution in [0, 0.1) is 17.8 Å². The van der Waals surface area contributed by atoms with Crippen LogP contribution in [0.25, 0.3) is 0 Å². The van der Waals surface area contributed by atoms with E-state index in [2.05, 4.69) is 26.2 Å². The van der Waals surface area contributed by atoms with E-state index in [1.165, 1.54) is 12.0 Å². The number of hydrazine groups is 1. The monoisotopic (exact) mass is 358 g/mol. The quantitative estimate of drug-likeness (QED) is 0.803. The highest BCUT2D eigenvalue weighted by Gasteiger charge is 2.36. The molecule has 2 rings (SSSR count). The molecule has 1 saturated carbocycles. The topological polar surface area (TPSA) is 49.4 Å². The molecular weight excluding hydrogens is 324 g/mol. The summed E-state index contributed by atoms with van der Waals surface area (Å²) in [6, 6.07) is 7.57. The zero-order chi connectivity index (χ0) is 19.5. The number of aryl methyl sites for hydroxylation is 1. The van der Waals surface area contributed by atoms with E-state index in [1.807, 2.05) is 45.0 Å². The first-order valence-electron chi connectivity index (χ1n) is 9.85. The van der Waals surface area contributed by atoms with Crippen molar-refractivity contribution in [3.05, 3.63) is 35.4 Å². The number of nitrogens with zero attached hydrogens (tertiary/aromatic N) is 1. The van der Waals surface area contributed by atoms with Crippen molar-refractivity contribution in [1.82, 2.24) is 10.4 Å². The Hall–Kier alpha value is -1.84. The minimum absolute atomic E-state index is 0.0178. The van der Waals surface area contributed by atoms with Crippen LogP contribution >= 0.6 is 0 Å². The van der Waals surface area contributed by atoms with Crippen LogP contribution in [0.2, 0.25) is 0 Å². The molecule has 0 bridgehead atoms. The summed E-state index contributed by atoms with van der Waals surface area (Å²) in [5.74, 6) is 0.886.